The van der Waals surface area contributed by atoms with Gasteiger partial charge in [-0.25, -0.2) is 0 Å². The first kappa shape index (κ1) is 10.1. The zero-order valence-corrected chi connectivity index (χ0v) is 9.20. The lowest BCUT2D eigenvalue weighted by molar-refractivity contribution is 0.413. The quantitative estimate of drug-likeness (QED) is 0.788. The van der Waals surface area contributed by atoms with E-state index >= 15 is 0 Å². The topological polar surface area (TPSA) is 22.1 Å². The second-order valence-electron chi connectivity index (χ2n) is 2.97. The first-order valence-electron chi connectivity index (χ1n) is 4.60. The number of benzene rings is 1. The molecule has 0 amide bonds. The van der Waals surface area contributed by atoms with Gasteiger partial charge < -0.3 is 4.74 Å². The molecule has 15 heavy (non-hydrogen) atoms. The minimum atomic E-state index is 0.879. The van der Waals surface area contributed by atoms with Crippen molar-refractivity contribution in [1.29, 1.82) is 0 Å². The van der Waals surface area contributed by atoms with Crippen LogP contribution in [0.25, 0.3) is 0 Å². The average Bonchev–Trinajstić information content (AvgIpc) is 2.31. The standard InChI is InChI=1S/C12H11NOS/c1-14-10-4-2-5-11(8-10)15-12-6-3-7-13-9-12/h2-9H,1H3. The van der Waals surface area contributed by atoms with Gasteiger partial charge in [0.15, 0.2) is 0 Å². The van der Waals surface area contributed by atoms with Gasteiger partial charge in [0, 0.05) is 22.2 Å². The van der Waals surface area contributed by atoms with E-state index in [1.165, 1.54) is 0 Å². The molecule has 0 spiro atoms. The van der Waals surface area contributed by atoms with Crippen molar-refractivity contribution in [3.8, 4) is 5.75 Å². The van der Waals surface area contributed by atoms with Gasteiger partial charge in [0.25, 0.3) is 0 Å². The predicted octanol–water partition coefficient (Wildman–Crippen LogP) is 3.24. The molecule has 0 unspecified atom stereocenters. The van der Waals surface area contributed by atoms with Gasteiger partial charge >= 0.3 is 0 Å². The molecule has 76 valence electrons. The number of ether oxygens (including phenoxy) is 1. The van der Waals surface area contributed by atoms with Crippen LogP contribution in [0.15, 0.2) is 58.6 Å². The Hall–Kier alpha value is -1.48. The summed E-state index contributed by atoms with van der Waals surface area (Å²) in [4.78, 5) is 6.36. The highest BCUT2D eigenvalue weighted by Gasteiger charge is 1.98. The van der Waals surface area contributed by atoms with Gasteiger partial charge in [-0.3, -0.25) is 4.98 Å². The number of rotatable bonds is 3. The van der Waals surface area contributed by atoms with Gasteiger partial charge in [-0.05, 0) is 30.3 Å². The zero-order valence-electron chi connectivity index (χ0n) is 8.38. The summed E-state index contributed by atoms with van der Waals surface area (Å²) in [6.45, 7) is 0. The minimum absolute atomic E-state index is 0.879. The fourth-order valence-electron chi connectivity index (χ4n) is 1.21. The van der Waals surface area contributed by atoms with E-state index < -0.39 is 0 Å². The smallest absolute Gasteiger partial charge is 0.119 e. The molecule has 0 aliphatic heterocycles. The third kappa shape index (κ3) is 2.73. The van der Waals surface area contributed by atoms with Crippen LogP contribution in [0.3, 0.4) is 0 Å². The number of hydrogen-bond donors (Lipinski definition) is 0. The van der Waals surface area contributed by atoms with Gasteiger partial charge in [-0.1, -0.05) is 17.8 Å². The fourth-order valence-corrected chi connectivity index (χ4v) is 2.06. The monoisotopic (exact) mass is 217 g/mol. The molecule has 0 aliphatic rings. The Labute approximate surface area is 93.3 Å². The van der Waals surface area contributed by atoms with Crippen LogP contribution in [0.2, 0.25) is 0 Å². The number of nitrogens with zero attached hydrogens (tertiary/aromatic N) is 1. The van der Waals surface area contributed by atoms with Gasteiger partial charge in [-0.2, -0.15) is 0 Å². The summed E-state index contributed by atoms with van der Waals surface area (Å²) in [7, 11) is 1.67. The molecule has 0 fully saturated rings. The Morgan fingerprint density at radius 2 is 2.00 bits per heavy atom. The summed E-state index contributed by atoms with van der Waals surface area (Å²) in [5, 5.41) is 0. The van der Waals surface area contributed by atoms with Crippen LogP contribution >= 0.6 is 11.8 Å². The molecular formula is C12H11NOS. The minimum Gasteiger partial charge on any atom is -0.497 e. The molecule has 0 radical (unpaired) electrons. The van der Waals surface area contributed by atoms with Gasteiger partial charge in [0.1, 0.15) is 5.75 Å². The van der Waals surface area contributed by atoms with Crippen LogP contribution in [0.5, 0.6) is 5.75 Å². The lowest BCUT2D eigenvalue weighted by atomic mass is 10.3. The number of methoxy groups -OCH3 is 1. The predicted molar refractivity (Wildman–Crippen MR) is 61.4 cm³/mol. The normalized spacial score (nSPS) is 9.93. The van der Waals surface area contributed by atoms with Crippen molar-refractivity contribution in [2.24, 2.45) is 0 Å². The van der Waals surface area contributed by atoms with Crippen LogP contribution in [-0.2, 0) is 0 Å². The molecule has 0 N–H and O–H groups in total. The van der Waals surface area contributed by atoms with E-state index in [9.17, 15) is 0 Å². The highest BCUT2D eigenvalue weighted by Crippen LogP contribution is 2.28. The number of aromatic nitrogens is 1. The maximum atomic E-state index is 5.16. The molecule has 0 atom stereocenters. The summed E-state index contributed by atoms with van der Waals surface area (Å²) in [5.74, 6) is 0.879. The molecular weight excluding hydrogens is 206 g/mol. The first-order chi connectivity index (χ1) is 7.38. The SMILES string of the molecule is COc1cccc(Sc2cccnc2)c1. The van der Waals surface area contributed by atoms with Crippen LogP contribution < -0.4 is 4.74 Å². The van der Waals surface area contributed by atoms with Gasteiger partial charge in [0.2, 0.25) is 0 Å². The van der Waals surface area contributed by atoms with E-state index in [-0.39, 0.29) is 0 Å². The summed E-state index contributed by atoms with van der Waals surface area (Å²) < 4.78 is 5.16. The third-order valence-corrected chi connectivity index (χ3v) is 2.88. The first-order valence-corrected chi connectivity index (χ1v) is 5.42. The summed E-state index contributed by atoms with van der Waals surface area (Å²) in [6.07, 6.45) is 3.62. The number of pyridine rings is 1. The third-order valence-electron chi connectivity index (χ3n) is 1.91. The maximum absolute atomic E-state index is 5.16. The molecule has 0 saturated carbocycles. The molecule has 0 saturated heterocycles. The Morgan fingerprint density at radius 1 is 1.13 bits per heavy atom. The van der Waals surface area contributed by atoms with Crippen LogP contribution in [-0.4, -0.2) is 12.1 Å². The number of hydrogen-bond acceptors (Lipinski definition) is 3. The molecule has 3 heteroatoms. The molecule has 2 rings (SSSR count). The lowest BCUT2D eigenvalue weighted by Crippen LogP contribution is -1.82. The maximum Gasteiger partial charge on any atom is 0.119 e. The van der Waals surface area contributed by atoms with Crippen LogP contribution in [0, 0.1) is 0 Å². The molecule has 1 heterocycles. The van der Waals surface area contributed by atoms with E-state index in [2.05, 4.69) is 11.1 Å². The highest BCUT2D eigenvalue weighted by atomic mass is 32.2. The molecule has 0 bridgehead atoms. The van der Waals surface area contributed by atoms with E-state index in [4.69, 9.17) is 4.74 Å². The van der Waals surface area contributed by atoms with Crippen molar-refractivity contribution >= 4 is 11.8 Å². The molecule has 1 aromatic carbocycles. The van der Waals surface area contributed by atoms with Crippen molar-refractivity contribution in [3.05, 3.63) is 48.8 Å². The second kappa shape index (κ2) is 4.84. The highest BCUT2D eigenvalue weighted by molar-refractivity contribution is 7.99. The van der Waals surface area contributed by atoms with Crippen molar-refractivity contribution in [2.45, 2.75) is 9.79 Å². The van der Waals surface area contributed by atoms with Gasteiger partial charge in [0.05, 0.1) is 7.11 Å². The Bertz CT molecular complexity index is 431. The van der Waals surface area contributed by atoms with E-state index in [1.54, 1.807) is 25.1 Å². The van der Waals surface area contributed by atoms with E-state index in [1.807, 2.05) is 36.5 Å². The molecule has 2 nitrogen and oxygen atoms in total. The Kier molecular flexibility index (Phi) is 3.25. The van der Waals surface area contributed by atoms with E-state index in [0.29, 0.717) is 0 Å². The zero-order chi connectivity index (χ0) is 10.5. The summed E-state index contributed by atoms with van der Waals surface area (Å²) in [6, 6.07) is 12.0. The molecule has 1 aromatic heterocycles. The molecule has 2 aromatic rings. The fraction of sp³-hybridized carbons (Fsp3) is 0.0833. The Morgan fingerprint density at radius 3 is 2.73 bits per heavy atom. The molecule has 0 aliphatic carbocycles. The largest absolute Gasteiger partial charge is 0.497 e. The van der Waals surface area contributed by atoms with Gasteiger partial charge in [-0.15, -0.1) is 0 Å². The van der Waals surface area contributed by atoms with E-state index in [0.717, 1.165) is 15.5 Å². The summed E-state index contributed by atoms with van der Waals surface area (Å²) in [5.41, 5.74) is 0. The second-order valence-corrected chi connectivity index (χ2v) is 4.12. The van der Waals surface area contributed by atoms with Crippen LogP contribution in [0.4, 0.5) is 0 Å². The lowest BCUT2D eigenvalue weighted by Gasteiger charge is -2.03. The van der Waals surface area contributed by atoms with Crippen molar-refractivity contribution < 1.29 is 4.74 Å². The van der Waals surface area contributed by atoms with Crippen molar-refractivity contribution in [1.82, 2.24) is 4.98 Å². The van der Waals surface area contributed by atoms with Crippen molar-refractivity contribution in [3.63, 3.8) is 0 Å². The summed E-state index contributed by atoms with van der Waals surface area (Å²) >= 11 is 1.67. The average molecular weight is 217 g/mol. The van der Waals surface area contributed by atoms with Crippen molar-refractivity contribution in [2.75, 3.05) is 7.11 Å². The Balaban J connectivity index is 2.17. The van der Waals surface area contributed by atoms with Crippen LogP contribution in [0.1, 0.15) is 0 Å².